The van der Waals surface area contributed by atoms with Crippen LogP contribution in [0.25, 0.3) is 0 Å². The van der Waals surface area contributed by atoms with E-state index in [1.165, 1.54) is 18.0 Å². The fourth-order valence-electron chi connectivity index (χ4n) is 0.728. The first-order valence-corrected chi connectivity index (χ1v) is 5.01. The zero-order chi connectivity index (χ0) is 8.97. The first-order valence-electron chi connectivity index (χ1n) is 3.37. The van der Waals surface area contributed by atoms with Crippen LogP contribution in [0.2, 0.25) is 0 Å². The Hall–Kier alpha value is -0.610. The van der Waals surface area contributed by atoms with Gasteiger partial charge in [0, 0.05) is 0 Å². The highest BCUT2D eigenvalue weighted by molar-refractivity contribution is 8.22. The Labute approximate surface area is 80.3 Å². The molecule has 12 heavy (non-hydrogen) atoms. The first kappa shape index (κ1) is 9.48. The fourth-order valence-corrected chi connectivity index (χ4v) is 1.13. The van der Waals surface area contributed by atoms with Crippen molar-refractivity contribution in [3.8, 4) is 0 Å². The standard InChI is InChI=1S/C8H8O2S2/c1-12-8(11)5-6(9)7-3-2-4-10-7/h2-4H,5H2,1H3. The van der Waals surface area contributed by atoms with Crippen molar-refractivity contribution in [2.45, 2.75) is 6.42 Å². The Bertz CT molecular complexity index is 277. The Morgan fingerprint density at radius 2 is 2.50 bits per heavy atom. The molecule has 1 aromatic rings. The number of hydrogen-bond acceptors (Lipinski definition) is 4. The van der Waals surface area contributed by atoms with E-state index < -0.39 is 0 Å². The molecule has 0 amide bonds. The number of thioether (sulfide) groups is 1. The summed E-state index contributed by atoms with van der Waals surface area (Å²) >= 11 is 6.33. The van der Waals surface area contributed by atoms with Crippen molar-refractivity contribution in [1.29, 1.82) is 0 Å². The maximum Gasteiger partial charge on any atom is 0.203 e. The molecule has 1 rings (SSSR count). The molecule has 0 atom stereocenters. The second-order valence-electron chi connectivity index (χ2n) is 2.15. The van der Waals surface area contributed by atoms with Gasteiger partial charge in [-0.15, -0.1) is 11.8 Å². The minimum atomic E-state index is -0.0562. The Kier molecular flexibility index (Phi) is 3.49. The molecular formula is C8H8O2S2. The minimum Gasteiger partial charge on any atom is -0.461 e. The van der Waals surface area contributed by atoms with Gasteiger partial charge in [-0.3, -0.25) is 4.79 Å². The third kappa shape index (κ3) is 2.46. The van der Waals surface area contributed by atoms with Crippen LogP contribution in [0.5, 0.6) is 0 Å². The molecule has 0 aliphatic carbocycles. The van der Waals surface area contributed by atoms with Crippen LogP contribution < -0.4 is 0 Å². The lowest BCUT2D eigenvalue weighted by molar-refractivity contribution is 0.0975. The Morgan fingerprint density at radius 3 is 3.00 bits per heavy atom. The highest BCUT2D eigenvalue weighted by Crippen LogP contribution is 2.09. The maximum absolute atomic E-state index is 11.3. The molecule has 0 unspecified atom stereocenters. The molecule has 4 heteroatoms. The van der Waals surface area contributed by atoms with E-state index in [-0.39, 0.29) is 12.2 Å². The van der Waals surface area contributed by atoms with Gasteiger partial charge in [0.25, 0.3) is 0 Å². The quantitative estimate of drug-likeness (QED) is 0.554. The lowest BCUT2D eigenvalue weighted by atomic mass is 10.2. The number of hydrogen-bond donors (Lipinski definition) is 0. The van der Waals surface area contributed by atoms with E-state index in [0.29, 0.717) is 9.96 Å². The smallest absolute Gasteiger partial charge is 0.203 e. The summed E-state index contributed by atoms with van der Waals surface area (Å²) in [5.74, 6) is 0.325. The molecule has 0 aromatic carbocycles. The van der Waals surface area contributed by atoms with Gasteiger partial charge in [-0.25, -0.2) is 0 Å². The molecule has 0 N–H and O–H groups in total. The summed E-state index contributed by atoms with van der Waals surface area (Å²) in [6, 6.07) is 3.33. The third-order valence-electron chi connectivity index (χ3n) is 1.33. The second kappa shape index (κ2) is 4.42. The van der Waals surface area contributed by atoms with E-state index >= 15 is 0 Å². The van der Waals surface area contributed by atoms with Gasteiger partial charge in [0.2, 0.25) is 5.78 Å². The number of carbonyl (C=O) groups excluding carboxylic acids is 1. The van der Waals surface area contributed by atoms with Crippen LogP contribution in [-0.4, -0.2) is 16.2 Å². The van der Waals surface area contributed by atoms with E-state index in [9.17, 15) is 4.79 Å². The van der Waals surface area contributed by atoms with Crippen molar-refractivity contribution in [3.63, 3.8) is 0 Å². The van der Waals surface area contributed by atoms with E-state index in [0.717, 1.165) is 0 Å². The van der Waals surface area contributed by atoms with Crippen LogP contribution in [0.1, 0.15) is 17.0 Å². The normalized spacial score (nSPS) is 9.75. The second-order valence-corrected chi connectivity index (χ2v) is 3.81. The molecule has 0 saturated heterocycles. The summed E-state index contributed by atoms with van der Waals surface area (Å²) in [6.45, 7) is 0. The van der Waals surface area contributed by atoms with Crippen LogP contribution in [0.4, 0.5) is 0 Å². The highest BCUT2D eigenvalue weighted by atomic mass is 32.2. The summed E-state index contributed by atoms with van der Waals surface area (Å²) in [4.78, 5) is 11.3. The number of Topliss-reactive ketones (excluding diaryl/α,β-unsaturated/α-hetero) is 1. The monoisotopic (exact) mass is 200 g/mol. The molecule has 64 valence electrons. The van der Waals surface area contributed by atoms with Gasteiger partial charge >= 0.3 is 0 Å². The first-order chi connectivity index (χ1) is 5.74. The molecule has 0 spiro atoms. The Balaban J connectivity index is 2.56. The topological polar surface area (TPSA) is 30.2 Å². The summed E-state index contributed by atoms with van der Waals surface area (Å²) in [6.07, 6.45) is 3.62. The SMILES string of the molecule is CSC(=S)CC(=O)c1ccco1. The van der Waals surface area contributed by atoms with E-state index in [1.54, 1.807) is 12.1 Å². The molecule has 1 aromatic heterocycles. The largest absolute Gasteiger partial charge is 0.461 e. The van der Waals surface area contributed by atoms with Crippen molar-refractivity contribution in [2.75, 3.05) is 6.26 Å². The molecule has 2 nitrogen and oxygen atoms in total. The summed E-state index contributed by atoms with van der Waals surface area (Å²) in [5.41, 5.74) is 0. The van der Waals surface area contributed by atoms with E-state index in [2.05, 4.69) is 0 Å². The highest BCUT2D eigenvalue weighted by Gasteiger charge is 2.10. The number of furan rings is 1. The summed E-state index contributed by atoms with van der Waals surface area (Å²) < 4.78 is 5.61. The van der Waals surface area contributed by atoms with Crippen molar-refractivity contribution < 1.29 is 9.21 Å². The van der Waals surface area contributed by atoms with Crippen LogP contribution in [0.15, 0.2) is 22.8 Å². The number of thiocarbonyl (C=S) groups is 1. The van der Waals surface area contributed by atoms with Gasteiger partial charge in [-0.05, 0) is 18.4 Å². The Morgan fingerprint density at radius 1 is 1.75 bits per heavy atom. The molecular weight excluding hydrogens is 192 g/mol. The molecule has 0 bridgehead atoms. The van der Waals surface area contributed by atoms with Crippen LogP contribution in [-0.2, 0) is 0 Å². The molecule has 1 heterocycles. The predicted molar refractivity (Wildman–Crippen MR) is 53.8 cm³/mol. The van der Waals surface area contributed by atoms with Crippen molar-refractivity contribution in [2.24, 2.45) is 0 Å². The van der Waals surface area contributed by atoms with Crippen molar-refractivity contribution >= 4 is 34.0 Å². The van der Waals surface area contributed by atoms with Crippen molar-refractivity contribution in [3.05, 3.63) is 24.2 Å². The zero-order valence-electron chi connectivity index (χ0n) is 6.57. The molecule has 0 aliphatic rings. The third-order valence-corrected chi connectivity index (χ3v) is 2.57. The number of ketones is 1. The molecule has 0 fully saturated rings. The van der Waals surface area contributed by atoms with E-state index in [4.69, 9.17) is 16.6 Å². The summed E-state index contributed by atoms with van der Waals surface area (Å²) in [5, 5.41) is 0. The van der Waals surface area contributed by atoms with Gasteiger partial charge in [0.05, 0.1) is 16.9 Å². The van der Waals surface area contributed by atoms with Crippen LogP contribution in [0, 0.1) is 0 Å². The summed E-state index contributed by atoms with van der Waals surface area (Å²) in [7, 11) is 0. The van der Waals surface area contributed by atoms with Crippen molar-refractivity contribution in [1.82, 2.24) is 0 Å². The predicted octanol–water partition coefficient (Wildman–Crippen LogP) is 2.54. The van der Waals surface area contributed by atoms with Crippen LogP contribution in [0.3, 0.4) is 0 Å². The van der Waals surface area contributed by atoms with Crippen LogP contribution >= 0.6 is 24.0 Å². The minimum absolute atomic E-state index is 0.0562. The zero-order valence-corrected chi connectivity index (χ0v) is 8.21. The van der Waals surface area contributed by atoms with Gasteiger partial charge in [-0.2, -0.15) is 0 Å². The van der Waals surface area contributed by atoms with Gasteiger partial charge in [0.1, 0.15) is 0 Å². The average molecular weight is 200 g/mol. The molecule has 0 saturated carbocycles. The lowest BCUT2D eigenvalue weighted by Crippen LogP contribution is -2.01. The van der Waals surface area contributed by atoms with E-state index in [1.807, 2.05) is 6.26 Å². The number of carbonyl (C=O) groups is 1. The lowest BCUT2D eigenvalue weighted by Gasteiger charge is -1.95. The number of rotatable bonds is 3. The maximum atomic E-state index is 11.3. The molecule has 0 aliphatic heterocycles. The van der Waals surface area contributed by atoms with Gasteiger partial charge < -0.3 is 4.42 Å². The van der Waals surface area contributed by atoms with Gasteiger partial charge in [0.15, 0.2) is 5.76 Å². The van der Waals surface area contributed by atoms with Gasteiger partial charge in [-0.1, -0.05) is 12.2 Å². The average Bonchev–Trinajstić information content (AvgIpc) is 2.56. The molecule has 0 radical (unpaired) electrons. The fraction of sp³-hybridized carbons (Fsp3) is 0.250.